The first kappa shape index (κ1) is 16.6. The molecule has 0 spiro atoms. The fraction of sp³-hybridized carbons (Fsp3) is 0.857. The molecule has 0 radical (unpaired) electrons. The van der Waals surface area contributed by atoms with Crippen molar-refractivity contribution >= 4 is 12.1 Å². The summed E-state index contributed by atoms with van der Waals surface area (Å²) < 4.78 is 5.14. The smallest absolute Gasteiger partial charge is 0.407 e. The topological polar surface area (TPSA) is 79.9 Å². The molecule has 1 aliphatic heterocycles. The molecule has 6 heteroatoms. The van der Waals surface area contributed by atoms with E-state index >= 15 is 0 Å². The van der Waals surface area contributed by atoms with Crippen LogP contribution in [0.4, 0.5) is 4.79 Å². The number of nitrogens with one attached hydrogen (secondary N) is 1. The molecule has 0 aromatic carbocycles. The molecule has 0 atom stereocenters. The van der Waals surface area contributed by atoms with Crippen LogP contribution in [0, 0.1) is 0 Å². The third kappa shape index (κ3) is 7.21. The maximum absolute atomic E-state index is 11.4. The number of carbonyl (C=O) groups is 1. The average molecular weight is 284 g/mol. The Morgan fingerprint density at radius 3 is 2.55 bits per heavy atom. The summed E-state index contributed by atoms with van der Waals surface area (Å²) in [5.41, 5.74) is 5.48. The van der Waals surface area contributed by atoms with Crippen molar-refractivity contribution in [2.24, 2.45) is 10.7 Å². The monoisotopic (exact) mass is 284 g/mol. The van der Waals surface area contributed by atoms with Crippen molar-refractivity contribution in [2.45, 2.75) is 52.1 Å². The highest BCUT2D eigenvalue weighted by molar-refractivity contribution is 5.78. The molecule has 0 unspecified atom stereocenters. The number of nitrogens with two attached hydrogens (primary N) is 1. The summed E-state index contributed by atoms with van der Waals surface area (Å²) in [5.74, 6) is 0.627. The number of aliphatic imine (C=N–C) groups is 1. The minimum Gasteiger partial charge on any atom is -0.444 e. The van der Waals surface area contributed by atoms with Crippen molar-refractivity contribution < 1.29 is 9.53 Å². The number of alkyl carbamates (subject to hydrolysis) is 1. The minimum absolute atomic E-state index is 0.384. The molecule has 0 bridgehead atoms. The first-order chi connectivity index (χ1) is 9.38. The Morgan fingerprint density at radius 2 is 1.95 bits per heavy atom. The van der Waals surface area contributed by atoms with E-state index in [1.165, 1.54) is 19.3 Å². The number of carbonyl (C=O) groups excluding carboxylic acids is 1. The molecule has 6 nitrogen and oxygen atoms in total. The standard InChI is InChI=1S/C14H28N4O2/c1-14(2,3)20-13(19)17-9-7-8-16-12(15)18-10-5-4-6-11-18/h4-11H2,1-3H3,(H2,15,16)(H,17,19). The Morgan fingerprint density at radius 1 is 1.30 bits per heavy atom. The second kappa shape index (κ2) is 7.97. The first-order valence-electron chi connectivity index (χ1n) is 7.40. The molecule has 1 amide bonds. The van der Waals surface area contributed by atoms with Gasteiger partial charge in [-0.25, -0.2) is 4.79 Å². The first-order valence-corrected chi connectivity index (χ1v) is 7.40. The van der Waals surface area contributed by atoms with Crippen LogP contribution in [0.3, 0.4) is 0 Å². The second-order valence-corrected chi connectivity index (χ2v) is 6.07. The quantitative estimate of drug-likeness (QED) is 0.468. The molecule has 1 heterocycles. The number of rotatable bonds is 4. The lowest BCUT2D eigenvalue weighted by Gasteiger charge is -2.27. The van der Waals surface area contributed by atoms with Crippen LogP contribution in [-0.4, -0.2) is 48.7 Å². The summed E-state index contributed by atoms with van der Waals surface area (Å²) in [6.45, 7) is 8.71. The number of piperidine rings is 1. The minimum atomic E-state index is -0.457. The van der Waals surface area contributed by atoms with E-state index in [2.05, 4.69) is 15.2 Å². The van der Waals surface area contributed by atoms with Gasteiger partial charge in [0.1, 0.15) is 5.60 Å². The molecule has 1 saturated heterocycles. The predicted octanol–water partition coefficient (Wildman–Crippen LogP) is 1.70. The van der Waals surface area contributed by atoms with Crippen LogP contribution in [0.2, 0.25) is 0 Å². The van der Waals surface area contributed by atoms with Crippen molar-refractivity contribution in [3.05, 3.63) is 0 Å². The number of hydrogen-bond acceptors (Lipinski definition) is 3. The lowest BCUT2D eigenvalue weighted by molar-refractivity contribution is 0.0527. The maximum atomic E-state index is 11.4. The fourth-order valence-electron chi connectivity index (χ4n) is 2.00. The van der Waals surface area contributed by atoms with Crippen LogP contribution in [0.25, 0.3) is 0 Å². The van der Waals surface area contributed by atoms with Crippen molar-refractivity contribution in [1.82, 2.24) is 10.2 Å². The Kier molecular flexibility index (Phi) is 6.61. The number of nitrogens with zero attached hydrogens (tertiary/aromatic N) is 2. The number of likely N-dealkylation sites (tertiary alicyclic amines) is 1. The highest BCUT2D eigenvalue weighted by Gasteiger charge is 2.15. The van der Waals surface area contributed by atoms with Gasteiger partial charge in [0.05, 0.1) is 0 Å². The molecule has 116 valence electrons. The largest absolute Gasteiger partial charge is 0.444 e. The van der Waals surface area contributed by atoms with E-state index in [0.29, 0.717) is 19.0 Å². The van der Waals surface area contributed by atoms with E-state index in [4.69, 9.17) is 10.5 Å². The number of amides is 1. The van der Waals surface area contributed by atoms with Gasteiger partial charge >= 0.3 is 6.09 Å². The van der Waals surface area contributed by atoms with Crippen molar-refractivity contribution in [3.63, 3.8) is 0 Å². The van der Waals surface area contributed by atoms with E-state index in [1.54, 1.807) is 0 Å². The summed E-state index contributed by atoms with van der Waals surface area (Å²) in [5, 5.41) is 2.71. The van der Waals surface area contributed by atoms with Crippen molar-refractivity contribution in [2.75, 3.05) is 26.2 Å². The van der Waals surface area contributed by atoms with Gasteiger partial charge in [-0.2, -0.15) is 0 Å². The van der Waals surface area contributed by atoms with Gasteiger partial charge < -0.3 is 20.7 Å². The van der Waals surface area contributed by atoms with E-state index in [-0.39, 0.29) is 6.09 Å². The van der Waals surface area contributed by atoms with E-state index < -0.39 is 5.60 Å². The molecular weight excluding hydrogens is 256 g/mol. The zero-order chi connectivity index (χ0) is 15.0. The molecule has 20 heavy (non-hydrogen) atoms. The third-order valence-corrected chi connectivity index (χ3v) is 2.96. The molecule has 3 N–H and O–H groups in total. The molecule has 1 aliphatic rings. The van der Waals surface area contributed by atoms with Crippen LogP contribution < -0.4 is 11.1 Å². The van der Waals surface area contributed by atoms with Gasteiger partial charge in [0.2, 0.25) is 0 Å². The SMILES string of the molecule is CC(C)(C)OC(=O)NCCCN=C(N)N1CCCCC1. The highest BCUT2D eigenvalue weighted by atomic mass is 16.6. The molecule has 1 fully saturated rings. The summed E-state index contributed by atoms with van der Waals surface area (Å²) in [6.07, 6.45) is 4.04. The van der Waals surface area contributed by atoms with E-state index in [0.717, 1.165) is 19.5 Å². The molecule has 0 aliphatic carbocycles. The van der Waals surface area contributed by atoms with Gasteiger partial charge in [-0.1, -0.05) is 0 Å². The van der Waals surface area contributed by atoms with E-state index in [1.807, 2.05) is 20.8 Å². The summed E-state index contributed by atoms with van der Waals surface area (Å²) >= 11 is 0. The summed E-state index contributed by atoms with van der Waals surface area (Å²) in [6, 6.07) is 0. The maximum Gasteiger partial charge on any atom is 0.407 e. The highest BCUT2D eigenvalue weighted by Crippen LogP contribution is 2.08. The predicted molar refractivity (Wildman–Crippen MR) is 80.8 cm³/mol. The lowest BCUT2D eigenvalue weighted by Crippen LogP contribution is -2.41. The van der Waals surface area contributed by atoms with Gasteiger partial charge in [-0.05, 0) is 46.5 Å². The van der Waals surface area contributed by atoms with Gasteiger partial charge in [0.25, 0.3) is 0 Å². The zero-order valence-electron chi connectivity index (χ0n) is 12.9. The average Bonchev–Trinajstić information content (AvgIpc) is 2.37. The number of ether oxygens (including phenoxy) is 1. The lowest BCUT2D eigenvalue weighted by atomic mass is 10.1. The molecular formula is C14H28N4O2. The van der Waals surface area contributed by atoms with Crippen LogP contribution in [0.5, 0.6) is 0 Å². The van der Waals surface area contributed by atoms with Gasteiger partial charge in [-0.15, -0.1) is 0 Å². The van der Waals surface area contributed by atoms with Crippen LogP contribution in [0.1, 0.15) is 46.5 Å². The molecule has 0 aromatic heterocycles. The Hall–Kier alpha value is -1.46. The second-order valence-electron chi connectivity index (χ2n) is 6.07. The summed E-state index contributed by atoms with van der Waals surface area (Å²) in [4.78, 5) is 17.9. The Labute approximate surface area is 121 Å². The Balaban J connectivity index is 2.13. The van der Waals surface area contributed by atoms with Crippen molar-refractivity contribution in [1.29, 1.82) is 0 Å². The number of guanidine groups is 1. The Bertz CT molecular complexity index is 331. The van der Waals surface area contributed by atoms with Crippen LogP contribution >= 0.6 is 0 Å². The number of hydrogen-bond donors (Lipinski definition) is 2. The zero-order valence-corrected chi connectivity index (χ0v) is 12.9. The van der Waals surface area contributed by atoms with Crippen molar-refractivity contribution in [3.8, 4) is 0 Å². The third-order valence-electron chi connectivity index (χ3n) is 2.96. The normalized spacial score (nSPS) is 16.9. The van der Waals surface area contributed by atoms with Gasteiger partial charge in [0, 0.05) is 26.2 Å². The van der Waals surface area contributed by atoms with E-state index in [9.17, 15) is 4.79 Å². The van der Waals surface area contributed by atoms with Crippen LogP contribution in [0.15, 0.2) is 4.99 Å². The fourth-order valence-corrected chi connectivity index (χ4v) is 2.00. The molecule has 0 aromatic rings. The van der Waals surface area contributed by atoms with Gasteiger partial charge in [-0.3, -0.25) is 4.99 Å². The van der Waals surface area contributed by atoms with Gasteiger partial charge in [0.15, 0.2) is 5.96 Å². The molecule has 1 rings (SSSR count). The molecule has 0 saturated carbocycles. The summed E-state index contributed by atoms with van der Waals surface area (Å²) in [7, 11) is 0. The van der Waals surface area contributed by atoms with Crippen LogP contribution in [-0.2, 0) is 4.74 Å².